The lowest BCUT2D eigenvalue weighted by atomic mass is 10.1. The summed E-state index contributed by atoms with van der Waals surface area (Å²) in [6.07, 6.45) is 7.32. The van der Waals surface area contributed by atoms with Crippen molar-refractivity contribution in [2.75, 3.05) is 13.1 Å². The van der Waals surface area contributed by atoms with E-state index in [0.717, 1.165) is 25.2 Å². The molecule has 0 amide bonds. The predicted molar refractivity (Wildman–Crippen MR) is 71.6 cm³/mol. The van der Waals surface area contributed by atoms with Crippen molar-refractivity contribution in [3.8, 4) is 0 Å². The highest BCUT2D eigenvalue weighted by Gasteiger charge is 2.26. The van der Waals surface area contributed by atoms with Crippen LogP contribution in [0, 0.1) is 0 Å². The molecule has 0 aromatic carbocycles. The molecule has 100 valence electrons. The molecular formula is C14H24N4. The molecule has 4 heteroatoms. The van der Waals surface area contributed by atoms with E-state index in [1.54, 1.807) is 0 Å². The SMILES string of the molecule is CCN1CCCC1Cc1nc2n(n1)C(C)CCC2. The van der Waals surface area contributed by atoms with Crippen molar-refractivity contribution in [2.45, 2.75) is 64.5 Å². The van der Waals surface area contributed by atoms with Crippen LogP contribution >= 0.6 is 0 Å². The number of rotatable bonds is 3. The Balaban J connectivity index is 1.73. The van der Waals surface area contributed by atoms with Gasteiger partial charge in [-0.25, -0.2) is 9.67 Å². The van der Waals surface area contributed by atoms with Crippen LogP contribution in [0.2, 0.25) is 0 Å². The molecule has 0 bridgehead atoms. The topological polar surface area (TPSA) is 34.0 Å². The van der Waals surface area contributed by atoms with Gasteiger partial charge in [-0.05, 0) is 45.7 Å². The molecule has 3 heterocycles. The van der Waals surface area contributed by atoms with Gasteiger partial charge in [0.25, 0.3) is 0 Å². The second-order valence-electron chi connectivity index (χ2n) is 5.76. The van der Waals surface area contributed by atoms with E-state index in [0.29, 0.717) is 12.1 Å². The fourth-order valence-electron chi connectivity index (χ4n) is 3.45. The van der Waals surface area contributed by atoms with Gasteiger partial charge in [-0.2, -0.15) is 5.10 Å². The molecule has 1 aromatic heterocycles. The van der Waals surface area contributed by atoms with Gasteiger partial charge in [0.1, 0.15) is 5.82 Å². The number of fused-ring (bicyclic) bond motifs is 1. The second kappa shape index (κ2) is 5.00. The van der Waals surface area contributed by atoms with Crippen LogP contribution in [0.25, 0.3) is 0 Å². The van der Waals surface area contributed by atoms with Crippen LogP contribution in [0.5, 0.6) is 0 Å². The average molecular weight is 248 g/mol. The standard InChI is InChI=1S/C14H24N4/c1-3-17-9-5-7-12(17)10-13-15-14-8-4-6-11(2)18(14)16-13/h11-12H,3-10H2,1-2H3. The van der Waals surface area contributed by atoms with Gasteiger partial charge < -0.3 is 4.90 Å². The van der Waals surface area contributed by atoms with Gasteiger partial charge in [0, 0.05) is 18.9 Å². The Labute approximate surface area is 109 Å². The molecule has 2 unspecified atom stereocenters. The monoisotopic (exact) mass is 248 g/mol. The number of aromatic nitrogens is 3. The third-order valence-electron chi connectivity index (χ3n) is 4.51. The van der Waals surface area contributed by atoms with Crippen LogP contribution in [-0.2, 0) is 12.8 Å². The highest BCUT2D eigenvalue weighted by Crippen LogP contribution is 2.24. The Morgan fingerprint density at radius 1 is 1.28 bits per heavy atom. The first kappa shape index (κ1) is 12.2. The summed E-state index contributed by atoms with van der Waals surface area (Å²) in [7, 11) is 0. The first-order valence-corrected chi connectivity index (χ1v) is 7.46. The van der Waals surface area contributed by atoms with E-state index in [1.807, 2.05) is 0 Å². The summed E-state index contributed by atoms with van der Waals surface area (Å²) in [5, 5.41) is 4.74. The minimum Gasteiger partial charge on any atom is -0.300 e. The summed E-state index contributed by atoms with van der Waals surface area (Å²) in [6.45, 7) is 6.93. The van der Waals surface area contributed by atoms with Crippen LogP contribution in [0.15, 0.2) is 0 Å². The van der Waals surface area contributed by atoms with E-state index in [2.05, 4.69) is 23.4 Å². The summed E-state index contributed by atoms with van der Waals surface area (Å²) in [5.74, 6) is 2.29. The van der Waals surface area contributed by atoms with Crippen LogP contribution in [0.3, 0.4) is 0 Å². The van der Waals surface area contributed by atoms with Gasteiger partial charge in [0.2, 0.25) is 0 Å². The minimum atomic E-state index is 0.542. The molecule has 2 aliphatic heterocycles. The highest BCUT2D eigenvalue weighted by atomic mass is 15.4. The molecular weight excluding hydrogens is 224 g/mol. The smallest absolute Gasteiger partial charge is 0.152 e. The number of hydrogen-bond donors (Lipinski definition) is 0. The highest BCUT2D eigenvalue weighted by molar-refractivity contribution is 5.00. The first-order chi connectivity index (χ1) is 8.78. The summed E-state index contributed by atoms with van der Waals surface area (Å²) < 4.78 is 2.17. The largest absolute Gasteiger partial charge is 0.300 e. The molecule has 1 saturated heterocycles. The maximum Gasteiger partial charge on any atom is 0.152 e. The maximum atomic E-state index is 4.76. The van der Waals surface area contributed by atoms with Gasteiger partial charge in [0.05, 0.1) is 6.04 Å². The number of hydrogen-bond acceptors (Lipinski definition) is 3. The van der Waals surface area contributed by atoms with Crippen molar-refractivity contribution in [3.05, 3.63) is 11.6 Å². The molecule has 2 aliphatic rings. The second-order valence-corrected chi connectivity index (χ2v) is 5.76. The van der Waals surface area contributed by atoms with Crippen molar-refractivity contribution in [3.63, 3.8) is 0 Å². The van der Waals surface area contributed by atoms with E-state index in [1.165, 1.54) is 38.1 Å². The number of likely N-dealkylation sites (tertiary alicyclic amines) is 1. The van der Waals surface area contributed by atoms with Gasteiger partial charge >= 0.3 is 0 Å². The van der Waals surface area contributed by atoms with Crippen molar-refractivity contribution in [2.24, 2.45) is 0 Å². The third-order valence-corrected chi connectivity index (χ3v) is 4.51. The fourth-order valence-corrected chi connectivity index (χ4v) is 3.45. The zero-order valence-corrected chi connectivity index (χ0v) is 11.6. The Morgan fingerprint density at radius 2 is 2.17 bits per heavy atom. The Bertz CT molecular complexity index is 412. The summed E-state index contributed by atoms with van der Waals surface area (Å²) in [6, 6.07) is 1.22. The van der Waals surface area contributed by atoms with Crippen molar-refractivity contribution in [1.29, 1.82) is 0 Å². The van der Waals surface area contributed by atoms with Crippen LogP contribution in [-0.4, -0.2) is 38.8 Å². The van der Waals surface area contributed by atoms with Crippen molar-refractivity contribution < 1.29 is 0 Å². The zero-order valence-electron chi connectivity index (χ0n) is 11.6. The van der Waals surface area contributed by atoms with E-state index in [-0.39, 0.29) is 0 Å². The van der Waals surface area contributed by atoms with Gasteiger partial charge in [0.15, 0.2) is 5.82 Å². The van der Waals surface area contributed by atoms with E-state index in [9.17, 15) is 0 Å². The van der Waals surface area contributed by atoms with Crippen LogP contribution in [0.4, 0.5) is 0 Å². The van der Waals surface area contributed by atoms with Crippen LogP contribution in [0.1, 0.15) is 57.2 Å². The number of aryl methyl sites for hydroxylation is 1. The molecule has 0 saturated carbocycles. The molecule has 0 aliphatic carbocycles. The maximum absolute atomic E-state index is 4.76. The predicted octanol–water partition coefficient (Wildman–Crippen LogP) is 2.20. The molecule has 0 radical (unpaired) electrons. The third kappa shape index (κ3) is 2.18. The molecule has 4 nitrogen and oxygen atoms in total. The average Bonchev–Trinajstić information content (AvgIpc) is 2.96. The molecule has 3 rings (SSSR count). The Morgan fingerprint density at radius 3 is 2.94 bits per heavy atom. The molecule has 18 heavy (non-hydrogen) atoms. The zero-order chi connectivity index (χ0) is 12.5. The molecule has 1 fully saturated rings. The Kier molecular flexibility index (Phi) is 3.37. The van der Waals surface area contributed by atoms with Crippen LogP contribution < -0.4 is 0 Å². The lowest BCUT2D eigenvalue weighted by Gasteiger charge is -2.21. The number of likely N-dealkylation sites (N-methyl/N-ethyl adjacent to an activating group) is 1. The van der Waals surface area contributed by atoms with E-state index < -0.39 is 0 Å². The Hall–Kier alpha value is -0.900. The quantitative estimate of drug-likeness (QED) is 0.822. The molecule has 2 atom stereocenters. The van der Waals surface area contributed by atoms with Gasteiger partial charge in [-0.3, -0.25) is 0 Å². The lowest BCUT2D eigenvalue weighted by Crippen LogP contribution is -2.31. The lowest BCUT2D eigenvalue weighted by molar-refractivity contribution is 0.263. The normalized spacial score (nSPS) is 28.6. The van der Waals surface area contributed by atoms with Crippen molar-refractivity contribution in [1.82, 2.24) is 19.7 Å². The van der Waals surface area contributed by atoms with Gasteiger partial charge in [-0.1, -0.05) is 6.92 Å². The van der Waals surface area contributed by atoms with E-state index >= 15 is 0 Å². The first-order valence-electron chi connectivity index (χ1n) is 7.46. The van der Waals surface area contributed by atoms with Crippen molar-refractivity contribution >= 4 is 0 Å². The number of nitrogens with zero attached hydrogens (tertiary/aromatic N) is 4. The summed E-state index contributed by atoms with van der Waals surface area (Å²) >= 11 is 0. The fraction of sp³-hybridized carbons (Fsp3) is 0.857. The summed E-state index contributed by atoms with van der Waals surface area (Å²) in [5.41, 5.74) is 0. The summed E-state index contributed by atoms with van der Waals surface area (Å²) in [4.78, 5) is 7.33. The minimum absolute atomic E-state index is 0.542. The molecule has 1 aromatic rings. The molecule has 0 N–H and O–H groups in total. The van der Waals surface area contributed by atoms with Gasteiger partial charge in [-0.15, -0.1) is 0 Å². The van der Waals surface area contributed by atoms with E-state index in [4.69, 9.17) is 10.1 Å². The molecule has 0 spiro atoms.